The number of halogens is 2. The molecule has 0 fully saturated rings. The molecule has 0 saturated heterocycles. The zero-order valence-corrected chi connectivity index (χ0v) is 11.2. The van der Waals surface area contributed by atoms with Gasteiger partial charge in [0.15, 0.2) is 0 Å². The molecule has 1 heterocycles. The van der Waals surface area contributed by atoms with Crippen LogP contribution >= 0.6 is 27.3 Å². The molecule has 1 nitrogen and oxygen atoms in total. The number of benzene rings is 1. The number of aryl methyl sites for hydroxylation is 1. The summed E-state index contributed by atoms with van der Waals surface area (Å²) in [6, 6.07) is 8.85. The first-order valence-corrected chi connectivity index (χ1v) is 6.50. The Hall–Kier alpha value is -0.870. The number of hydrogen-bond donors (Lipinski definition) is 1. The summed E-state index contributed by atoms with van der Waals surface area (Å²) >= 11 is 5.09. The van der Waals surface area contributed by atoms with Crippen LogP contribution in [-0.2, 0) is 6.54 Å². The Bertz CT molecular complexity index is 496. The first-order valence-electron chi connectivity index (χ1n) is 4.89. The molecule has 0 aliphatic carbocycles. The van der Waals surface area contributed by atoms with Crippen molar-refractivity contribution in [1.82, 2.24) is 0 Å². The zero-order valence-electron chi connectivity index (χ0n) is 8.76. The molecule has 0 saturated carbocycles. The van der Waals surface area contributed by atoms with Gasteiger partial charge in [0.05, 0.1) is 0 Å². The van der Waals surface area contributed by atoms with E-state index in [4.69, 9.17) is 0 Å². The minimum atomic E-state index is -0.232. The second-order valence-corrected chi connectivity index (χ2v) is 5.72. The Morgan fingerprint density at radius 2 is 2.12 bits per heavy atom. The van der Waals surface area contributed by atoms with Crippen LogP contribution in [0, 0.1) is 12.7 Å². The van der Waals surface area contributed by atoms with E-state index in [0.717, 1.165) is 16.7 Å². The molecule has 0 amide bonds. The lowest BCUT2D eigenvalue weighted by Gasteiger charge is -2.07. The smallest absolute Gasteiger partial charge is 0.124 e. The first-order chi connectivity index (χ1) is 7.65. The Kier molecular flexibility index (Phi) is 3.61. The van der Waals surface area contributed by atoms with E-state index in [2.05, 4.69) is 40.3 Å². The third-order valence-corrected chi connectivity index (χ3v) is 3.84. The Morgan fingerprint density at radius 1 is 1.31 bits per heavy atom. The van der Waals surface area contributed by atoms with Gasteiger partial charge in [-0.1, -0.05) is 0 Å². The second kappa shape index (κ2) is 4.97. The van der Waals surface area contributed by atoms with Gasteiger partial charge in [-0.25, -0.2) is 4.39 Å². The predicted octanol–water partition coefficient (Wildman–Crippen LogP) is 4.57. The quantitative estimate of drug-likeness (QED) is 0.875. The molecule has 0 bridgehead atoms. The van der Waals surface area contributed by atoms with Gasteiger partial charge in [-0.2, -0.15) is 0 Å². The Labute approximate surface area is 106 Å². The molecule has 84 valence electrons. The molecule has 4 heteroatoms. The maximum Gasteiger partial charge on any atom is 0.124 e. The monoisotopic (exact) mass is 299 g/mol. The molecule has 1 aromatic carbocycles. The van der Waals surface area contributed by atoms with E-state index in [1.165, 1.54) is 21.9 Å². The third-order valence-electron chi connectivity index (χ3n) is 2.18. The topological polar surface area (TPSA) is 12.0 Å². The highest BCUT2D eigenvalue weighted by molar-refractivity contribution is 9.10. The summed E-state index contributed by atoms with van der Waals surface area (Å²) in [6.07, 6.45) is 0. The van der Waals surface area contributed by atoms with Gasteiger partial charge in [-0.15, -0.1) is 11.3 Å². The maximum absolute atomic E-state index is 12.9. The van der Waals surface area contributed by atoms with Crippen molar-refractivity contribution in [3.05, 3.63) is 50.4 Å². The van der Waals surface area contributed by atoms with Gasteiger partial charge in [-0.05, 0) is 53.2 Å². The van der Waals surface area contributed by atoms with Crippen molar-refractivity contribution in [3.63, 3.8) is 0 Å². The van der Waals surface area contributed by atoms with Crippen LogP contribution in [0.5, 0.6) is 0 Å². The van der Waals surface area contributed by atoms with Crippen molar-refractivity contribution >= 4 is 33.0 Å². The van der Waals surface area contributed by atoms with Crippen molar-refractivity contribution in [2.24, 2.45) is 0 Å². The first kappa shape index (κ1) is 11.6. The Balaban J connectivity index is 2.04. The van der Waals surface area contributed by atoms with Crippen LogP contribution in [0.1, 0.15) is 9.75 Å². The minimum Gasteiger partial charge on any atom is -0.379 e. The fourth-order valence-corrected chi connectivity index (χ4v) is 2.72. The summed E-state index contributed by atoms with van der Waals surface area (Å²) in [4.78, 5) is 2.57. The molecular formula is C12H11BrFNS. The normalized spacial score (nSPS) is 10.4. The molecule has 0 unspecified atom stereocenters. The van der Waals surface area contributed by atoms with Gasteiger partial charge in [0, 0.05) is 26.5 Å². The maximum atomic E-state index is 12.9. The fourth-order valence-electron chi connectivity index (χ4n) is 1.40. The number of hydrogen-bond acceptors (Lipinski definition) is 2. The fraction of sp³-hybridized carbons (Fsp3) is 0.167. The predicted molar refractivity (Wildman–Crippen MR) is 70.5 cm³/mol. The molecule has 0 atom stereocenters. The molecule has 2 rings (SSSR count). The van der Waals surface area contributed by atoms with Crippen molar-refractivity contribution in [1.29, 1.82) is 0 Å². The van der Waals surface area contributed by atoms with Crippen LogP contribution in [-0.4, -0.2) is 0 Å². The van der Waals surface area contributed by atoms with E-state index in [0.29, 0.717) is 0 Å². The molecule has 0 spiro atoms. The van der Waals surface area contributed by atoms with E-state index in [-0.39, 0.29) is 5.82 Å². The lowest BCUT2D eigenvalue weighted by atomic mass is 10.3. The van der Waals surface area contributed by atoms with Crippen molar-refractivity contribution in [3.8, 4) is 0 Å². The molecule has 1 N–H and O–H groups in total. The second-order valence-electron chi connectivity index (χ2n) is 3.49. The van der Waals surface area contributed by atoms with Crippen LogP contribution in [0.3, 0.4) is 0 Å². The Morgan fingerprint density at radius 3 is 2.75 bits per heavy atom. The van der Waals surface area contributed by atoms with Gasteiger partial charge >= 0.3 is 0 Å². The minimum absolute atomic E-state index is 0.232. The number of anilines is 1. The summed E-state index contributed by atoms with van der Waals surface area (Å²) in [6.45, 7) is 2.85. The summed E-state index contributed by atoms with van der Waals surface area (Å²) in [5.41, 5.74) is 0.910. The van der Waals surface area contributed by atoms with Gasteiger partial charge in [0.2, 0.25) is 0 Å². The highest BCUT2D eigenvalue weighted by atomic mass is 79.9. The average molecular weight is 300 g/mol. The zero-order chi connectivity index (χ0) is 11.5. The van der Waals surface area contributed by atoms with Gasteiger partial charge in [0.1, 0.15) is 5.82 Å². The van der Waals surface area contributed by atoms with Crippen molar-refractivity contribution < 1.29 is 4.39 Å². The van der Waals surface area contributed by atoms with Crippen molar-refractivity contribution in [2.75, 3.05) is 5.32 Å². The highest BCUT2D eigenvalue weighted by Gasteiger charge is 2.02. The largest absolute Gasteiger partial charge is 0.379 e. The molecule has 2 aromatic rings. The number of thiophene rings is 1. The summed E-state index contributed by atoms with van der Waals surface area (Å²) in [5.74, 6) is -0.232. The summed E-state index contributed by atoms with van der Waals surface area (Å²) < 4.78 is 13.6. The highest BCUT2D eigenvalue weighted by Crippen LogP contribution is 2.24. The summed E-state index contributed by atoms with van der Waals surface area (Å²) in [7, 11) is 0. The van der Waals surface area contributed by atoms with E-state index in [1.54, 1.807) is 17.4 Å². The molecule has 0 aliphatic rings. The number of nitrogens with one attached hydrogen (secondary N) is 1. The van der Waals surface area contributed by atoms with Gasteiger partial charge in [0.25, 0.3) is 0 Å². The van der Waals surface area contributed by atoms with Crippen molar-refractivity contribution in [2.45, 2.75) is 13.5 Å². The molecular weight excluding hydrogens is 289 g/mol. The lowest BCUT2D eigenvalue weighted by molar-refractivity contribution is 0.627. The SMILES string of the molecule is Cc1ccc(CNc2ccc(F)cc2Br)s1. The third kappa shape index (κ3) is 2.83. The van der Waals surface area contributed by atoms with Crippen LogP contribution < -0.4 is 5.32 Å². The van der Waals surface area contributed by atoms with E-state index in [9.17, 15) is 4.39 Å². The van der Waals surface area contributed by atoms with Crippen LogP contribution in [0.15, 0.2) is 34.8 Å². The number of rotatable bonds is 3. The lowest BCUT2D eigenvalue weighted by Crippen LogP contribution is -1.98. The standard InChI is InChI=1S/C12H11BrFNS/c1-8-2-4-10(16-8)7-15-12-5-3-9(14)6-11(12)13/h2-6,15H,7H2,1H3. The van der Waals surface area contributed by atoms with Gasteiger partial charge < -0.3 is 5.32 Å². The van der Waals surface area contributed by atoms with Crippen LogP contribution in [0.4, 0.5) is 10.1 Å². The molecule has 1 aromatic heterocycles. The average Bonchev–Trinajstić information content (AvgIpc) is 2.63. The van der Waals surface area contributed by atoms with Crippen LogP contribution in [0.25, 0.3) is 0 Å². The summed E-state index contributed by atoms with van der Waals surface area (Å²) in [5, 5.41) is 3.27. The van der Waals surface area contributed by atoms with E-state index < -0.39 is 0 Å². The van der Waals surface area contributed by atoms with Crippen LogP contribution in [0.2, 0.25) is 0 Å². The van der Waals surface area contributed by atoms with E-state index >= 15 is 0 Å². The molecule has 16 heavy (non-hydrogen) atoms. The van der Waals surface area contributed by atoms with E-state index in [1.807, 2.05) is 0 Å². The molecule has 0 aliphatic heterocycles. The molecule has 0 radical (unpaired) electrons. The van der Waals surface area contributed by atoms with Gasteiger partial charge in [-0.3, -0.25) is 0 Å².